The van der Waals surface area contributed by atoms with Crippen molar-refractivity contribution < 1.29 is 8.60 Å². The number of aromatic nitrogens is 4. The highest BCUT2D eigenvalue weighted by atomic mass is 32.2. The van der Waals surface area contributed by atoms with Crippen molar-refractivity contribution >= 4 is 37.2 Å². The molecule has 0 saturated heterocycles. The third-order valence-electron chi connectivity index (χ3n) is 4.44. The normalized spacial score (nSPS) is 12.2. The maximum absolute atomic E-state index is 13.9. The van der Waals surface area contributed by atoms with Crippen LogP contribution in [0.3, 0.4) is 0 Å². The zero-order valence-electron chi connectivity index (χ0n) is 16.0. The maximum atomic E-state index is 13.9. The fourth-order valence-corrected chi connectivity index (χ4v) is 3.86. The number of aromatic amines is 1. The van der Waals surface area contributed by atoms with Gasteiger partial charge in [-0.1, -0.05) is 13.8 Å². The molecule has 1 aromatic carbocycles. The van der Waals surface area contributed by atoms with Crippen molar-refractivity contribution in [2.75, 3.05) is 12.5 Å². The number of benzene rings is 1. The molecule has 3 heterocycles. The first-order chi connectivity index (χ1) is 13.2. The number of nitrogens with zero attached hydrogens (tertiary/aromatic N) is 4. The van der Waals surface area contributed by atoms with E-state index >= 15 is 0 Å². The number of fused-ring (bicyclic) bond motifs is 2. The minimum Gasteiger partial charge on any atom is -0.278 e. The summed E-state index contributed by atoms with van der Waals surface area (Å²) in [5, 5.41) is 9.57. The number of H-pyrrole nitrogens is 1. The lowest BCUT2D eigenvalue weighted by Gasteiger charge is -2.17. The third kappa shape index (κ3) is 3.35. The fraction of sp³-hybridized carbons (Fsp3) is 0.250. The van der Waals surface area contributed by atoms with E-state index in [1.165, 1.54) is 12.3 Å². The summed E-state index contributed by atoms with van der Waals surface area (Å²) < 4.78 is 30.7. The second kappa shape index (κ2) is 6.63. The minimum atomic E-state index is -2.42. The number of hydrogen-bond donors (Lipinski definition) is 1. The van der Waals surface area contributed by atoms with Crippen molar-refractivity contribution in [3.8, 4) is 11.1 Å². The Morgan fingerprint density at radius 3 is 2.64 bits per heavy atom. The Morgan fingerprint density at radius 1 is 1.18 bits per heavy atom. The van der Waals surface area contributed by atoms with E-state index in [-0.39, 0.29) is 5.92 Å². The Morgan fingerprint density at radius 2 is 1.96 bits per heavy atom. The van der Waals surface area contributed by atoms with Crippen molar-refractivity contribution in [3.05, 3.63) is 48.3 Å². The fourth-order valence-electron chi connectivity index (χ4n) is 3.31. The molecule has 3 aromatic heterocycles. The molecule has 1 N–H and O–H groups in total. The first-order valence-electron chi connectivity index (χ1n) is 8.83. The highest BCUT2D eigenvalue weighted by molar-refractivity contribution is 7.92. The van der Waals surface area contributed by atoms with Gasteiger partial charge in [-0.2, -0.15) is 13.9 Å². The molecule has 28 heavy (non-hydrogen) atoms. The van der Waals surface area contributed by atoms with Gasteiger partial charge >= 0.3 is 0 Å². The molecule has 0 fully saturated rings. The quantitative estimate of drug-likeness (QED) is 0.504. The molecule has 0 bridgehead atoms. The van der Waals surface area contributed by atoms with E-state index in [1.54, 1.807) is 24.8 Å². The van der Waals surface area contributed by atoms with Crippen LogP contribution in [0, 0.1) is 5.95 Å². The van der Waals surface area contributed by atoms with Gasteiger partial charge in [-0.25, -0.2) is 14.2 Å². The van der Waals surface area contributed by atoms with E-state index in [9.17, 15) is 8.60 Å². The average Bonchev–Trinajstić information content (AvgIpc) is 3.06. The van der Waals surface area contributed by atoms with Crippen LogP contribution in [0.5, 0.6) is 0 Å². The van der Waals surface area contributed by atoms with Crippen LogP contribution >= 0.6 is 0 Å². The van der Waals surface area contributed by atoms with E-state index in [4.69, 9.17) is 4.98 Å². The van der Waals surface area contributed by atoms with Gasteiger partial charge in [-0.05, 0) is 35.1 Å². The van der Waals surface area contributed by atoms with Crippen molar-refractivity contribution in [3.63, 3.8) is 0 Å². The summed E-state index contributed by atoms with van der Waals surface area (Å²) in [6, 6.07) is 7.06. The predicted octanol–water partition coefficient (Wildman–Crippen LogP) is 4.79. The molecule has 0 radical (unpaired) electrons. The Balaban J connectivity index is 2.22. The molecular formula is C20H20FN5OS. The SMILES string of the molecule is CC(C)c1nc(N=S(C)(C)=O)c2cc3[nH]ncc3cc2c1-c1ccnc(F)c1. The summed E-state index contributed by atoms with van der Waals surface area (Å²) in [5.41, 5.74) is 3.11. The summed E-state index contributed by atoms with van der Waals surface area (Å²) in [7, 11) is -2.42. The van der Waals surface area contributed by atoms with Crippen LogP contribution < -0.4 is 0 Å². The van der Waals surface area contributed by atoms with Crippen LogP contribution in [0.1, 0.15) is 25.5 Å². The zero-order chi connectivity index (χ0) is 20.1. The first kappa shape index (κ1) is 18.5. The Labute approximate surface area is 162 Å². The number of hydrogen-bond acceptors (Lipinski definition) is 5. The minimum absolute atomic E-state index is 0.0504. The molecule has 0 atom stereocenters. The molecule has 4 rings (SSSR count). The average molecular weight is 397 g/mol. The molecule has 144 valence electrons. The summed E-state index contributed by atoms with van der Waals surface area (Å²) >= 11 is 0. The van der Waals surface area contributed by atoms with E-state index in [1.807, 2.05) is 26.0 Å². The molecule has 0 aliphatic heterocycles. The van der Waals surface area contributed by atoms with Gasteiger partial charge in [-0.15, -0.1) is 0 Å². The van der Waals surface area contributed by atoms with Crippen molar-refractivity contribution in [2.24, 2.45) is 4.36 Å². The third-order valence-corrected chi connectivity index (χ3v) is 5.05. The van der Waals surface area contributed by atoms with Crippen LogP contribution in [0.25, 0.3) is 32.8 Å². The molecule has 0 unspecified atom stereocenters. The van der Waals surface area contributed by atoms with Crippen LogP contribution in [0.4, 0.5) is 10.2 Å². The maximum Gasteiger partial charge on any atom is 0.213 e. The molecule has 4 aromatic rings. The molecule has 0 spiro atoms. The van der Waals surface area contributed by atoms with Crippen molar-refractivity contribution in [1.29, 1.82) is 0 Å². The zero-order valence-corrected chi connectivity index (χ0v) is 16.8. The van der Waals surface area contributed by atoms with Gasteiger partial charge < -0.3 is 0 Å². The summed E-state index contributed by atoms with van der Waals surface area (Å²) in [6.07, 6.45) is 6.34. The lowest BCUT2D eigenvalue weighted by Crippen LogP contribution is -2.01. The van der Waals surface area contributed by atoms with Gasteiger partial charge in [0.05, 0.1) is 17.4 Å². The number of rotatable bonds is 3. The van der Waals surface area contributed by atoms with E-state index < -0.39 is 15.7 Å². The molecule has 8 heteroatoms. The molecule has 0 aliphatic carbocycles. The second-order valence-electron chi connectivity index (χ2n) is 7.35. The highest BCUT2D eigenvalue weighted by Crippen LogP contribution is 2.40. The van der Waals surface area contributed by atoms with Crippen molar-refractivity contribution in [1.82, 2.24) is 20.2 Å². The second-order valence-corrected chi connectivity index (χ2v) is 9.89. The molecule has 0 amide bonds. The Hall–Kier alpha value is -2.87. The van der Waals surface area contributed by atoms with E-state index in [2.05, 4.69) is 19.5 Å². The Bertz CT molecular complexity index is 1330. The smallest absolute Gasteiger partial charge is 0.213 e. The molecular weight excluding hydrogens is 377 g/mol. The van der Waals surface area contributed by atoms with Crippen LogP contribution in [-0.2, 0) is 9.73 Å². The lowest BCUT2D eigenvalue weighted by molar-refractivity contribution is 0.584. The van der Waals surface area contributed by atoms with Crippen LogP contribution in [0.15, 0.2) is 41.0 Å². The van der Waals surface area contributed by atoms with E-state index in [0.717, 1.165) is 32.9 Å². The van der Waals surface area contributed by atoms with Gasteiger partial charge in [0.15, 0.2) is 5.82 Å². The van der Waals surface area contributed by atoms with Gasteiger partial charge in [0.25, 0.3) is 0 Å². The Kier molecular flexibility index (Phi) is 4.38. The van der Waals surface area contributed by atoms with Gasteiger partial charge in [0.1, 0.15) is 0 Å². The number of pyridine rings is 2. The van der Waals surface area contributed by atoms with Crippen molar-refractivity contribution in [2.45, 2.75) is 19.8 Å². The molecule has 0 saturated carbocycles. The topological polar surface area (TPSA) is 83.9 Å². The first-order valence-corrected chi connectivity index (χ1v) is 11.2. The predicted molar refractivity (Wildman–Crippen MR) is 111 cm³/mol. The number of halogens is 1. The highest BCUT2D eigenvalue weighted by Gasteiger charge is 2.20. The number of nitrogens with one attached hydrogen (secondary N) is 1. The molecule has 0 aliphatic rings. The van der Waals surface area contributed by atoms with Crippen LogP contribution in [0.2, 0.25) is 0 Å². The van der Waals surface area contributed by atoms with E-state index in [0.29, 0.717) is 11.4 Å². The van der Waals surface area contributed by atoms with Gasteiger partial charge in [0.2, 0.25) is 5.95 Å². The monoisotopic (exact) mass is 397 g/mol. The summed E-state index contributed by atoms with van der Waals surface area (Å²) in [5.74, 6) is -0.0819. The standard InChI is InChI=1S/C20H20FN5OS/c1-11(2)19-18(12-5-6-22-17(21)8-12)14-7-13-10-23-25-16(13)9-15(14)20(24-19)26-28(3,4)27/h5-11H,1-4H3,(H,23,25). The largest absolute Gasteiger partial charge is 0.278 e. The van der Waals surface area contributed by atoms with Crippen LogP contribution in [-0.4, -0.2) is 36.9 Å². The lowest BCUT2D eigenvalue weighted by atomic mass is 9.92. The molecule has 6 nitrogen and oxygen atoms in total. The summed E-state index contributed by atoms with van der Waals surface area (Å²) in [6.45, 7) is 4.04. The summed E-state index contributed by atoms with van der Waals surface area (Å²) in [4.78, 5) is 8.43. The van der Waals surface area contributed by atoms with Gasteiger partial charge in [0, 0.05) is 50.8 Å². The van der Waals surface area contributed by atoms with Gasteiger partial charge in [-0.3, -0.25) is 5.10 Å².